The molecule has 1 aliphatic heterocycles. The van der Waals surface area contributed by atoms with E-state index < -0.39 is 0 Å². The Kier molecular flexibility index (Phi) is 3.39. The molecule has 0 aromatic heterocycles. The van der Waals surface area contributed by atoms with Crippen LogP contribution in [0.25, 0.3) is 0 Å². The highest BCUT2D eigenvalue weighted by Crippen LogP contribution is 2.19. The van der Waals surface area contributed by atoms with Crippen molar-refractivity contribution in [1.29, 1.82) is 0 Å². The van der Waals surface area contributed by atoms with Crippen LogP contribution < -0.4 is 0 Å². The molecule has 15 heavy (non-hydrogen) atoms. The van der Waals surface area contributed by atoms with E-state index in [4.69, 9.17) is 16.3 Å². The van der Waals surface area contributed by atoms with Gasteiger partial charge in [-0.25, -0.2) is 0 Å². The lowest BCUT2D eigenvalue weighted by molar-refractivity contribution is -0.127. The summed E-state index contributed by atoms with van der Waals surface area (Å²) in [6.45, 7) is 0.707. The lowest BCUT2D eigenvalue weighted by atomic mass is 10.0. The molecular weight excluding hydrogens is 212 g/mol. The molecule has 2 nitrogen and oxygen atoms in total. The standard InChI is InChI=1S/C12H13ClO2/c13-10-5-2-1-4-9(10)8-11(14)12-6-3-7-15-12/h1-2,4-5,12H,3,6-8H2/t12-/m1/s1. The van der Waals surface area contributed by atoms with Gasteiger partial charge in [-0.05, 0) is 24.5 Å². The predicted molar refractivity (Wildman–Crippen MR) is 59.1 cm³/mol. The first-order chi connectivity index (χ1) is 7.27. The molecule has 0 amide bonds. The maximum Gasteiger partial charge on any atom is 0.165 e. The minimum atomic E-state index is -0.207. The zero-order valence-electron chi connectivity index (χ0n) is 8.41. The van der Waals surface area contributed by atoms with E-state index >= 15 is 0 Å². The van der Waals surface area contributed by atoms with Gasteiger partial charge < -0.3 is 4.74 Å². The zero-order valence-corrected chi connectivity index (χ0v) is 9.17. The van der Waals surface area contributed by atoms with Gasteiger partial charge in [-0.15, -0.1) is 0 Å². The van der Waals surface area contributed by atoms with Crippen LogP contribution in [0.1, 0.15) is 18.4 Å². The zero-order chi connectivity index (χ0) is 10.7. The Hall–Kier alpha value is -0.860. The highest BCUT2D eigenvalue weighted by atomic mass is 35.5. The Morgan fingerprint density at radius 1 is 1.47 bits per heavy atom. The average molecular weight is 225 g/mol. The second-order valence-corrected chi connectivity index (χ2v) is 4.14. The molecule has 1 heterocycles. The van der Waals surface area contributed by atoms with Gasteiger partial charge in [0.15, 0.2) is 5.78 Å². The maximum absolute atomic E-state index is 11.8. The topological polar surface area (TPSA) is 26.3 Å². The number of ether oxygens (including phenoxy) is 1. The minimum absolute atomic E-state index is 0.139. The molecule has 1 atom stereocenters. The Morgan fingerprint density at radius 3 is 2.93 bits per heavy atom. The smallest absolute Gasteiger partial charge is 0.165 e. The lowest BCUT2D eigenvalue weighted by Gasteiger charge is -2.08. The molecule has 0 saturated carbocycles. The van der Waals surface area contributed by atoms with Crippen LogP contribution in [-0.4, -0.2) is 18.5 Å². The minimum Gasteiger partial charge on any atom is -0.370 e. The molecule has 80 valence electrons. The van der Waals surface area contributed by atoms with Crippen molar-refractivity contribution in [3.05, 3.63) is 34.9 Å². The van der Waals surface area contributed by atoms with Gasteiger partial charge in [-0.1, -0.05) is 29.8 Å². The van der Waals surface area contributed by atoms with Crippen molar-refractivity contribution in [1.82, 2.24) is 0 Å². The summed E-state index contributed by atoms with van der Waals surface area (Å²) in [5.41, 5.74) is 0.889. The van der Waals surface area contributed by atoms with Crippen LogP contribution in [-0.2, 0) is 16.0 Å². The number of carbonyl (C=O) groups excluding carboxylic acids is 1. The van der Waals surface area contributed by atoms with Crippen LogP contribution >= 0.6 is 11.6 Å². The van der Waals surface area contributed by atoms with Crippen molar-refractivity contribution in [2.45, 2.75) is 25.4 Å². The van der Waals surface area contributed by atoms with Crippen molar-refractivity contribution in [3.8, 4) is 0 Å². The van der Waals surface area contributed by atoms with Crippen LogP contribution in [0.3, 0.4) is 0 Å². The quantitative estimate of drug-likeness (QED) is 0.789. The van der Waals surface area contributed by atoms with Crippen LogP contribution in [0.5, 0.6) is 0 Å². The third-order valence-electron chi connectivity index (χ3n) is 2.61. The van der Waals surface area contributed by atoms with Gasteiger partial charge in [-0.2, -0.15) is 0 Å². The van der Waals surface area contributed by atoms with E-state index in [0.717, 1.165) is 18.4 Å². The van der Waals surface area contributed by atoms with Crippen molar-refractivity contribution in [2.24, 2.45) is 0 Å². The highest BCUT2D eigenvalue weighted by molar-refractivity contribution is 6.31. The molecule has 0 N–H and O–H groups in total. The third kappa shape index (κ3) is 2.58. The Morgan fingerprint density at radius 2 is 2.27 bits per heavy atom. The van der Waals surface area contributed by atoms with Crippen LogP contribution in [0.2, 0.25) is 5.02 Å². The fourth-order valence-corrected chi connectivity index (χ4v) is 1.98. The molecule has 0 bridgehead atoms. The molecule has 0 radical (unpaired) electrons. The summed E-state index contributed by atoms with van der Waals surface area (Å²) in [5.74, 6) is 0.139. The molecule has 0 aliphatic carbocycles. The number of benzene rings is 1. The van der Waals surface area contributed by atoms with Gasteiger partial charge in [0.2, 0.25) is 0 Å². The largest absolute Gasteiger partial charge is 0.370 e. The SMILES string of the molecule is O=C(Cc1ccccc1Cl)[C@H]1CCCO1. The Labute approximate surface area is 94.2 Å². The van der Waals surface area contributed by atoms with E-state index in [1.54, 1.807) is 6.07 Å². The number of carbonyl (C=O) groups is 1. The second kappa shape index (κ2) is 4.77. The number of hydrogen-bond donors (Lipinski definition) is 0. The Balaban J connectivity index is 2.02. The normalized spacial score (nSPS) is 20.5. The predicted octanol–water partition coefficient (Wildman–Crippen LogP) is 2.63. The number of rotatable bonds is 3. The summed E-state index contributed by atoms with van der Waals surface area (Å²) >= 11 is 5.98. The van der Waals surface area contributed by atoms with Crippen LogP contribution in [0, 0.1) is 0 Å². The van der Waals surface area contributed by atoms with Gasteiger partial charge in [0.1, 0.15) is 6.10 Å². The lowest BCUT2D eigenvalue weighted by Crippen LogP contribution is -2.21. The number of Topliss-reactive ketones (excluding diaryl/α,β-unsaturated/α-hetero) is 1. The average Bonchev–Trinajstić information content (AvgIpc) is 2.74. The molecule has 2 rings (SSSR count). The van der Waals surface area contributed by atoms with Gasteiger partial charge in [0.25, 0.3) is 0 Å². The summed E-state index contributed by atoms with van der Waals surface area (Å²) < 4.78 is 5.33. The number of halogens is 1. The molecule has 3 heteroatoms. The molecule has 1 aromatic rings. The van der Waals surface area contributed by atoms with E-state index in [-0.39, 0.29) is 11.9 Å². The molecule has 1 saturated heterocycles. The summed E-state index contributed by atoms with van der Waals surface area (Å²) in [6.07, 6.45) is 2.01. The fourth-order valence-electron chi connectivity index (χ4n) is 1.77. The first-order valence-corrected chi connectivity index (χ1v) is 5.53. The van der Waals surface area contributed by atoms with Gasteiger partial charge in [0, 0.05) is 18.1 Å². The van der Waals surface area contributed by atoms with Gasteiger partial charge >= 0.3 is 0 Å². The van der Waals surface area contributed by atoms with Crippen molar-refractivity contribution in [3.63, 3.8) is 0 Å². The first kappa shape index (κ1) is 10.7. The first-order valence-electron chi connectivity index (χ1n) is 5.15. The number of hydrogen-bond acceptors (Lipinski definition) is 2. The van der Waals surface area contributed by atoms with Crippen LogP contribution in [0.15, 0.2) is 24.3 Å². The summed E-state index contributed by atoms with van der Waals surface area (Å²) in [5, 5.41) is 0.656. The fraction of sp³-hybridized carbons (Fsp3) is 0.417. The molecule has 1 aliphatic rings. The molecule has 1 aromatic carbocycles. The molecule has 0 spiro atoms. The third-order valence-corrected chi connectivity index (χ3v) is 2.98. The summed E-state index contributed by atoms with van der Waals surface area (Å²) in [4.78, 5) is 11.8. The number of ketones is 1. The van der Waals surface area contributed by atoms with Crippen molar-refractivity contribution in [2.75, 3.05) is 6.61 Å². The van der Waals surface area contributed by atoms with Crippen LogP contribution in [0.4, 0.5) is 0 Å². The molecular formula is C12H13ClO2. The van der Waals surface area contributed by atoms with E-state index in [2.05, 4.69) is 0 Å². The highest BCUT2D eigenvalue weighted by Gasteiger charge is 2.23. The van der Waals surface area contributed by atoms with Crippen molar-refractivity contribution >= 4 is 17.4 Å². The van der Waals surface area contributed by atoms with E-state index in [1.165, 1.54) is 0 Å². The van der Waals surface area contributed by atoms with Gasteiger partial charge in [0.05, 0.1) is 0 Å². The van der Waals surface area contributed by atoms with E-state index in [1.807, 2.05) is 18.2 Å². The Bertz CT molecular complexity index is 356. The van der Waals surface area contributed by atoms with E-state index in [9.17, 15) is 4.79 Å². The van der Waals surface area contributed by atoms with E-state index in [0.29, 0.717) is 18.1 Å². The molecule has 1 fully saturated rings. The van der Waals surface area contributed by atoms with Gasteiger partial charge in [-0.3, -0.25) is 4.79 Å². The monoisotopic (exact) mass is 224 g/mol. The summed E-state index contributed by atoms with van der Waals surface area (Å²) in [6, 6.07) is 7.45. The maximum atomic E-state index is 11.8. The molecule has 0 unspecified atom stereocenters. The summed E-state index contributed by atoms with van der Waals surface area (Å²) in [7, 11) is 0. The van der Waals surface area contributed by atoms with Crippen molar-refractivity contribution < 1.29 is 9.53 Å². The second-order valence-electron chi connectivity index (χ2n) is 3.74.